The highest BCUT2D eigenvalue weighted by atomic mass is 31.2. The van der Waals surface area contributed by atoms with Crippen LogP contribution >= 0.6 is 15.6 Å². The summed E-state index contributed by atoms with van der Waals surface area (Å²) in [6.45, 7) is 9.73. The van der Waals surface area contributed by atoms with Gasteiger partial charge < -0.3 is 33.8 Å². The van der Waals surface area contributed by atoms with Crippen LogP contribution in [0.5, 0.6) is 0 Å². The van der Waals surface area contributed by atoms with Gasteiger partial charge in [-0.3, -0.25) is 37.3 Å². The van der Waals surface area contributed by atoms with Crippen LogP contribution in [0.2, 0.25) is 0 Å². The standard InChI is InChI=1S/C86H168O17P2/c1-7-9-11-13-15-17-19-20-21-29-35-40-46-52-58-64-70-85(90)102-81(74-96-83(88)68-62-56-50-44-18-16-14-12-10-8-2)76-100-104(92,93)98-72-80(87)73-99-105(94,95)101-77-82(75-97-84(89)69-63-57-51-45-39-34-31-26-28-33-38-43-49-55-61-67-79(5)6)103-86(91)71-65-59-53-47-41-36-30-25-23-22-24-27-32-37-42-48-54-60-66-78(3)4/h78-82,87H,7-77H2,1-6H3,(H,92,93)(H,94,95)/t80-,81+,82+/m0/s1. The number of aliphatic hydroxyl groups is 1. The molecule has 0 aromatic carbocycles. The fraction of sp³-hybridized carbons (Fsp3) is 0.953. The van der Waals surface area contributed by atoms with Crippen LogP contribution in [0.15, 0.2) is 0 Å². The van der Waals surface area contributed by atoms with Gasteiger partial charge in [-0.05, 0) is 37.5 Å². The molecule has 0 heterocycles. The van der Waals surface area contributed by atoms with Gasteiger partial charge in [0.2, 0.25) is 0 Å². The summed E-state index contributed by atoms with van der Waals surface area (Å²) in [6, 6.07) is 0. The quantitative estimate of drug-likeness (QED) is 0.0222. The molecule has 624 valence electrons. The molecule has 0 saturated heterocycles. The van der Waals surface area contributed by atoms with E-state index in [-0.39, 0.29) is 25.7 Å². The molecule has 19 heteroatoms. The molecule has 3 N–H and O–H groups in total. The van der Waals surface area contributed by atoms with E-state index in [9.17, 15) is 43.2 Å². The predicted octanol–water partition coefficient (Wildman–Crippen LogP) is 26.2. The summed E-state index contributed by atoms with van der Waals surface area (Å²) in [5, 5.41) is 10.7. The first-order valence-corrected chi connectivity index (χ1v) is 47.5. The normalized spacial score (nSPS) is 13.8. The van der Waals surface area contributed by atoms with Crippen molar-refractivity contribution in [3.63, 3.8) is 0 Å². The minimum absolute atomic E-state index is 0.109. The molecule has 0 rings (SSSR count). The van der Waals surface area contributed by atoms with Crippen LogP contribution in [-0.4, -0.2) is 96.7 Å². The van der Waals surface area contributed by atoms with Crippen molar-refractivity contribution in [2.45, 2.75) is 477 Å². The van der Waals surface area contributed by atoms with Gasteiger partial charge in [0.1, 0.15) is 19.3 Å². The van der Waals surface area contributed by atoms with Crippen molar-refractivity contribution in [2.75, 3.05) is 39.6 Å². The Labute approximate surface area is 645 Å². The van der Waals surface area contributed by atoms with Crippen molar-refractivity contribution in [1.29, 1.82) is 0 Å². The first-order chi connectivity index (χ1) is 50.9. The van der Waals surface area contributed by atoms with E-state index in [0.717, 1.165) is 102 Å². The average Bonchev–Trinajstić information content (AvgIpc) is 0.912. The smallest absolute Gasteiger partial charge is 0.462 e. The molecule has 17 nitrogen and oxygen atoms in total. The van der Waals surface area contributed by atoms with Crippen molar-refractivity contribution in [2.24, 2.45) is 11.8 Å². The second-order valence-corrected chi connectivity index (χ2v) is 34.8. The molecule has 0 fully saturated rings. The van der Waals surface area contributed by atoms with Crippen molar-refractivity contribution >= 4 is 39.5 Å². The number of carbonyl (C=O) groups excluding carboxylic acids is 4. The zero-order chi connectivity index (χ0) is 77.1. The number of phosphoric ester groups is 2. The van der Waals surface area contributed by atoms with E-state index in [4.69, 9.17) is 37.0 Å². The molecule has 0 aromatic heterocycles. The third-order valence-electron chi connectivity index (χ3n) is 20.2. The molecule has 0 spiro atoms. The topological polar surface area (TPSA) is 237 Å². The van der Waals surface area contributed by atoms with Gasteiger partial charge in [-0.15, -0.1) is 0 Å². The predicted molar refractivity (Wildman–Crippen MR) is 432 cm³/mol. The monoisotopic (exact) mass is 1540 g/mol. The number of phosphoric acid groups is 2. The van der Waals surface area contributed by atoms with E-state index in [1.54, 1.807) is 0 Å². The molecular formula is C86H168O17P2. The Morgan fingerprint density at radius 3 is 0.648 bits per heavy atom. The minimum atomic E-state index is -4.97. The van der Waals surface area contributed by atoms with Crippen LogP contribution in [0, 0.1) is 11.8 Å². The van der Waals surface area contributed by atoms with Gasteiger partial charge >= 0.3 is 39.5 Å². The van der Waals surface area contributed by atoms with Gasteiger partial charge in [0.05, 0.1) is 26.4 Å². The SMILES string of the molecule is CCCCCCCCCCCCCCCCCCC(=O)O[C@H](COC(=O)CCCCCCCCCCCC)COP(=O)(O)OC[C@H](O)COP(=O)(O)OC[C@@H](COC(=O)CCCCCCCCCCCCCCCCCC(C)C)OC(=O)CCCCCCCCCCCCCCCCCCCCC(C)C. The zero-order valence-corrected chi connectivity index (χ0v) is 70.8. The van der Waals surface area contributed by atoms with Crippen LogP contribution in [-0.2, 0) is 65.4 Å². The second-order valence-electron chi connectivity index (χ2n) is 31.9. The molecule has 0 aliphatic carbocycles. The molecule has 0 radical (unpaired) electrons. The summed E-state index contributed by atoms with van der Waals surface area (Å²) in [5.74, 6) is -0.474. The highest BCUT2D eigenvalue weighted by molar-refractivity contribution is 7.47. The summed E-state index contributed by atoms with van der Waals surface area (Å²) >= 11 is 0. The Morgan fingerprint density at radius 2 is 0.438 bits per heavy atom. The van der Waals surface area contributed by atoms with Crippen LogP contribution in [0.4, 0.5) is 0 Å². The first-order valence-electron chi connectivity index (χ1n) is 44.5. The Bertz CT molecular complexity index is 2010. The van der Waals surface area contributed by atoms with Crippen LogP contribution < -0.4 is 0 Å². The van der Waals surface area contributed by atoms with Gasteiger partial charge in [-0.2, -0.15) is 0 Å². The Balaban J connectivity index is 5.22. The molecule has 105 heavy (non-hydrogen) atoms. The van der Waals surface area contributed by atoms with Gasteiger partial charge in [0, 0.05) is 25.7 Å². The highest BCUT2D eigenvalue weighted by Gasteiger charge is 2.30. The molecule has 0 aliphatic rings. The van der Waals surface area contributed by atoms with Gasteiger partial charge in [0.25, 0.3) is 0 Å². The zero-order valence-electron chi connectivity index (χ0n) is 69.0. The fourth-order valence-electron chi connectivity index (χ4n) is 13.4. The second kappa shape index (κ2) is 77.4. The van der Waals surface area contributed by atoms with E-state index in [1.807, 2.05) is 0 Å². The fourth-order valence-corrected chi connectivity index (χ4v) is 15.0. The van der Waals surface area contributed by atoms with E-state index in [0.29, 0.717) is 25.7 Å². The summed E-state index contributed by atoms with van der Waals surface area (Å²) < 4.78 is 68.9. The lowest BCUT2D eigenvalue weighted by molar-refractivity contribution is -0.161. The van der Waals surface area contributed by atoms with E-state index >= 15 is 0 Å². The lowest BCUT2D eigenvalue weighted by Gasteiger charge is -2.21. The maximum atomic E-state index is 13.1. The number of hydrogen-bond donors (Lipinski definition) is 3. The van der Waals surface area contributed by atoms with Crippen molar-refractivity contribution in [3.8, 4) is 0 Å². The minimum Gasteiger partial charge on any atom is -0.462 e. The maximum absolute atomic E-state index is 13.1. The molecule has 0 amide bonds. The highest BCUT2D eigenvalue weighted by Crippen LogP contribution is 2.45. The van der Waals surface area contributed by atoms with Crippen LogP contribution in [0.25, 0.3) is 0 Å². The van der Waals surface area contributed by atoms with Gasteiger partial charge in [0.15, 0.2) is 12.2 Å². The number of carbonyl (C=O) groups is 4. The lowest BCUT2D eigenvalue weighted by Crippen LogP contribution is -2.30. The van der Waals surface area contributed by atoms with Crippen LogP contribution in [0.3, 0.4) is 0 Å². The number of aliphatic hydroxyl groups excluding tert-OH is 1. The number of ether oxygens (including phenoxy) is 4. The van der Waals surface area contributed by atoms with E-state index in [1.165, 1.54) is 276 Å². The number of unbranched alkanes of at least 4 members (excludes halogenated alkanes) is 55. The third-order valence-corrected chi connectivity index (χ3v) is 22.1. The number of esters is 4. The Hall–Kier alpha value is -1.94. The van der Waals surface area contributed by atoms with Gasteiger partial charge in [-0.1, -0.05) is 408 Å². The molecule has 0 bridgehead atoms. The Kier molecular flexibility index (Phi) is 76.0. The number of hydrogen-bond acceptors (Lipinski definition) is 15. The van der Waals surface area contributed by atoms with Gasteiger partial charge in [-0.25, -0.2) is 9.13 Å². The first kappa shape index (κ1) is 103. The Morgan fingerprint density at radius 1 is 0.257 bits per heavy atom. The lowest BCUT2D eigenvalue weighted by atomic mass is 10.0. The molecule has 5 atom stereocenters. The van der Waals surface area contributed by atoms with Crippen molar-refractivity contribution in [1.82, 2.24) is 0 Å². The number of rotatable bonds is 85. The third kappa shape index (κ3) is 79.9. The average molecular weight is 1540 g/mol. The van der Waals surface area contributed by atoms with Crippen LogP contribution in [0.1, 0.15) is 459 Å². The molecule has 0 aliphatic heterocycles. The molecular weight excluding hydrogens is 1370 g/mol. The summed E-state index contributed by atoms with van der Waals surface area (Å²) in [7, 11) is -9.93. The summed E-state index contributed by atoms with van der Waals surface area (Å²) in [5.41, 5.74) is 0. The van der Waals surface area contributed by atoms with E-state index < -0.39 is 97.5 Å². The summed E-state index contributed by atoms with van der Waals surface area (Å²) in [4.78, 5) is 73.2. The largest absolute Gasteiger partial charge is 0.472 e. The summed E-state index contributed by atoms with van der Waals surface area (Å²) in [6.07, 6.45) is 69.4. The molecule has 2 unspecified atom stereocenters. The molecule has 0 aromatic rings. The maximum Gasteiger partial charge on any atom is 0.472 e. The van der Waals surface area contributed by atoms with Crippen molar-refractivity contribution < 1.29 is 80.2 Å². The van der Waals surface area contributed by atoms with Crippen molar-refractivity contribution in [3.05, 3.63) is 0 Å². The van der Waals surface area contributed by atoms with E-state index in [2.05, 4.69) is 41.5 Å². The molecule has 0 saturated carbocycles.